The van der Waals surface area contributed by atoms with Gasteiger partial charge in [0.15, 0.2) is 0 Å². The standard InChI is InChI=1S/C12H19N3/c1-9-7-15-12(8-14-9)11(13-2)6-10-4-3-5-10/h7-8,10-11,13H,3-6H2,1-2H3. The first-order valence-corrected chi connectivity index (χ1v) is 5.75. The molecule has 0 spiro atoms. The van der Waals surface area contributed by atoms with Crippen LogP contribution in [0.25, 0.3) is 0 Å². The summed E-state index contributed by atoms with van der Waals surface area (Å²) in [7, 11) is 2.00. The highest BCUT2D eigenvalue weighted by molar-refractivity contribution is 5.06. The fourth-order valence-corrected chi connectivity index (χ4v) is 2.03. The van der Waals surface area contributed by atoms with E-state index in [1.54, 1.807) is 0 Å². The molecule has 1 aliphatic carbocycles. The molecular weight excluding hydrogens is 186 g/mol. The Hall–Kier alpha value is -0.960. The van der Waals surface area contributed by atoms with Gasteiger partial charge in [0.25, 0.3) is 0 Å². The van der Waals surface area contributed by atoms with Gasteiger partial charge in [-0.2, -0.15) is 0 Å². The number of hydrogen-bond acceptors (Lipinski definition) is 3. The van der Waals surface area contributed by atoms with Gasteiger partial charge >= 0.3 is 0 Å². The van der Waals surface area contributed by atoms with E-state index >= 15 is 0 Å². The van der Waals surface area contributed by atoms with Crippen LogP contribution in [-0.4, -0.2) is 17.0 Å². The summed E-state index contributed by atoms with van der Waals surface area (Å²) in [5, 5.41) is 3.33. The average Bonchev–Trinajstić information content (AvgIpc) is 2.19. The topological polar surface area (TPSA) is 37.8 Å². The molecule has 1 saturated carbocycles. The normalized spacial score (nSPS) is 18.5. The van der Waals surface area contributed by atoms with E-state index in [4.69, 9.17) is 0 Å². The fraction of sp³-hybridized carbons (Fsp3) is 0.667. The third kappa shape index (κ3) is 2.53. The van der Waals surface area contributed by atoms with E-state index in [1.807, 2.05) is 26.4 Å². The summed E-state index contributed by atoms with van der Waals surface area (Å²) in [5.74, 6) is 0.894. The maximum atomic E-state index is 4.44. The summed E-state index contributed by atoms with van der Waals surface area (Å²) in [6.07, 6.45) is 9.12. The van der Waals surface area contributed by atoms with E-state index in [1.165, 1.54) is 25.7 Å². The van der Waals surface area contributed by atoms with Crippen LogP contribution < -0.4 is 5.32 Å². The van der Waals surface area contributed by atoms with Crippen LogP contribution in [0.15, 0.2) is 12.4 Å². The van der Waals surface area contributed by atoms with Crippen LogP contribution in [-0.2, 0) is 0 Å². The average molecular weight is 205 g/mol. The first-order chi connectivity index (χ1) is 7.29. The van der Waals surface area contributed by atoms with E-state index in [2.05, 4.69) is 15.3 Å². The van der Waals surface area contributed by atoms with Gasteiger partial charge in [-0.1, -0.05) is 19.3 Å². The number of nitrogens with zero attached hydrogens (tertiary/aromatic N) is 2. The summed E-state index contributed by atoms with van der Waals surface area (Å²) in [5.41, 5.74) is 2.06. The summed E-state index contributed by atoms with van der Waals surface area (Å²) in [4.78, 5) is 8.73. The predicted octanol–water partition coefficient (Wildman–Crippen LogP) is 2.24. The van der Waals surface area contributed by atoms with Gasteiger partial charge in [-0.05, 0) is 26.3 Å². The number of aryl methyl sites for hydroxylation is 1. The van der Waals surface area contributed by atoms with E-state index in [9.17, 15) is 0 Å². The zero-order valence-corrected chi connectivity index (χ0v) is 9.53. The zero-order chi connectivity index (χ0) is 10.7. The van der Waals surface area contributed by atoms with Gasteiger partial charge in [-0.25, -0.2) is 0 Å². The van der Waals surface area contributed by atoms with Crippen molar-refractivity contribution in [1.82, 2.24) is 15.3 Å². The number of hydrogen-bond donors (Lipinski definition) is 1. The van der Waals surface area contributed by atoms with Crippen LogP contribution in [0.5, 0.6) is 0 Å². The smallest absolute Gasteiger partial charge is 0.0756 e. The highest BCUT2D eigenvalue weighted by Gasteiger charge is 2.22. The zero-order valence-electron chi connectivity index (χ0n) is 9.53. The molecule has 1 fully saturated rings. The van der Waals surface area contributed by atoms with Gasteiger partial charge in [-0.3, -0.25) is 9.97 Å². The summed E-state index contributed by atoms with van der Waals surface area (Å²) in [6.45, 7) is 1.97. The van der Waals surface area contributed by atoms with Gasteiger partial charge in [0.2, 0.25) is 0 Å². The van der Waals surface area contributed by atoms with Gasteiger partial charge in [0.1, 0.15) is 0 Å². The molecule has 0 bridgehead atoms. The Kier molecular flexibility index (Phi) is 3.31. The lowest BCUT2D eigenvalue weighted by atomic mass is 9.80. The Balaban J connectivity index is 2.01. The maximum absolute atomic E-state index is 4.44. The van der Waals surface area contributed by atoms with E-state index in [-0.39, 0.29) is 0 Å². The van der Waals surface area contributed by atoms with Gasteiger partial charge < -0.3 is 5.32 Å². The van der Waals surface area contributed by atoms with Gasteiger partial charge in [0.05, 0.1) is 23.6 Å². The van der Waals surface area contributed by atoms with Crippen LogP contribution in [0, 0.1) is 12.8 Å². The predicted molar refractivity (Wildman–Crippen MR) is 60.5 cm³/mol. The van der Waals surface area contributed by atoms with Crippen molar-refractivity contribution < 1.29 is 0 Å². The fourth-order valence-electron chi connectivity index (χ4n) is 2.03. The van der Waals surface area contributed by atoms with Crippen molar-refractivity contribution in [1.29, 1.82) is 0 Å². The molecule has 3 nitrogen and oxygen atoms in total. The molecule has 0 radical (unpaired) electrons. The molecule has 1 aliphatic rings. The van der Waals surface area contributed by atoms with E-state index < -0.39 is 0 Å². The van der Waals surface area contributed by atoms with E-state index in [0.29, 0.717) is 6.04 Å². The summed E-state index contributed by atoms with van der Waals surface area (Å²) < 4.78 is 0. The van der Waals surface area contributed by atoms with Crippen LogP contribution in [0.3, 0.4) is 0 Å². The minimum atomic E-state index is 0.378. The molecule has 1 aromatic heterocycles. The molecular formula is C12H19N3. The molecule has 1 unspecified atom stereocenters. The number of rotatable bonds is 4. The second-order valence-electron chi connectivity index (χ2n) is 4.46. The summed E-state index contributed by atoms with van der Waals surface area (Å²) in [6, 6.07) is 0.378. The SMILES string of the molecule is CNC(CC1CCC1)c1cnc(C)cn1. The molecule has 0 aliphatic heterocycles. The molecule has 1 aromatic rings. The lowest BCUT2D eigenvalue weighted by Gasteiger charge is -2.29. The maximum Gasteiger partial charge on any atom is 0.0756 e. The van der Waals surface area contributed by atoms with Crippen LogP contribution in [0.1, 0.15) is 43.1 Å². The molecule has 0 amide bonds. The van der Waals surface area contributed by atoms with E-state index in [0.717, 1.165) is 17.3 Å². The molecule has 0 saturated heterocycles. The Morgan fingerprint density at radius 2 is 2.20 bits per heavy atom. The molecule has 3 heteroatoms. The Morgan fingerprint density at radius 1 is 1.40 bits per heavy atom. The van der Waals surface area contributed by atoms with Crippen molar-refractivity contribution in [3.8, 4) is 0 Å². The molecule has 0 aromatic carbocycles. The Bertz CT molecular complexity index is 303. The molecule has 2 rings (SSSR count). The largest absolute Gasteiger partial charge is 0.312 e. The highest BCUT2D eigenvalue weighted by Crippen LogP contribution is 2.33. The van der Waals surface area contributed by atoms with Gasteiger partial charge in [0, 0.05) is 6.20 Å². The number of aromatic nitrogens is 2. The Labute approximate surface area is 91.3 Å². The minimum Gasteiger partial charge on any atom is -0.312 e. The highest BCUT2D eigenvalue weighted by atomic mass is 14.9. The minimum absolute atomic E-state index is 0.378. The molecule has 15 heavy (non-hydrogen) atoms. The second kappa shape index (κ2) is 4.71. The second-order valence-corrected chi connectivity index (χ2v) is 4.46. The molecule has 1 heterocycles. The third-order valence-electron chi connectivity index (χ3n) is 3.30. The lowest BCUT2D eigenvalue weighted by molar-refractivity contribution is 0.263. The number of nitrogens with one attached hydrogen (secondary N) is 1. The van der Waals surface area contributed by atoms with Crippen molar-refractivity contribution in [2.75, 3.05) is 7.05 Å². The quantitative estimate of drug-likeness (QED) is 0.819. The van der Waals surface area contributed by atoms with Crippen molar-refractivity contribution in [2.24, 2.45) is 5.92 Å². The molecule has 82 valence electrons. The van der Waals surface area contributed by atoms with Crippen LogP contribution in [0.2, 0.25) is 0 Å². The van der Waals surface area contributed by atoms with Gasteiger partial charge in [-0.15, -0.1) is 0 Å². The Morgan fingerprint density at radius 3 is 2.67 bits per heavy atom. The van der Waals surface area contributed by atoms with Crippen LogP contribution >= 0.6 is 0 Å². The molecule has 1 atom stereocenters. The van der Waals surface area contributed by atoms with Crippen molar-refractivity contribution in [3.05, 3.63) is 23.8 Å². The third-order valence-corrected chi connectivity index (χ3v) is 3.30. The first-order valence-electron chi connectivity index (χ1n) is 5.75. The first kappa shape index (κ1) is 10.6. The monoisotopic (exact) mass is 205 g/mol. The van der Waals surface area contributed by atoms with Crippen molar-refractivity contribution >= 4 is 0 Å². The molecule has 1 N–H and O–H groups in total. The lowest BCUT2D eigenvalue weighted by Crippen LogP contribution is -2.24. The van der Waals surface area contributed by atoms with Crippen molar-refractivity contribution in [2.45, 2.75) is 38.6 Å². The summed E-state index contributed by atoms with van der Waals surface area (Å²) >= 11 is 0. The van der Waals surface area contributed by atoms with Crippen LogP contribution in [0.4, 0.5) is 0 Å². The van der Waals surface area contributed by atoms with Crippen molar-refractivity contribution in [3.63, 3.8) is 0 Å².